The lowest BCUT2D eigenvalue weighted by Crippen LogP contribution is -2.25. The zero-order valence-corrected chi connectivity index (χ0v) is 8.04. The van der Waals surface area contributed by atoms with Crippen molar-refractivity contribution in [3.63, 3.8) is 0 Å². The van der Waals surface area contributed by atoms with Gasteiger partial charge < -0.3 is 5.73 Å². The van der Waals surface area contributed by atoms with Crippen LogP contribution >= 0.6 is 0 Å². The van der Waals surface area contributed by atoms with Gasteiger partial charge in [-0.1, -0.05) is 13.8 Å². The molecule has 0 saturated heterocycles. The zero-order chi connectivity index (χ0) is 9.19. The molecule has 0 amide bonds. The number of hydrogen-bond acceptors (Lipinski definition) is 2. The first-order chi connectivity index (χ1) is 5.53. The van der Waals surface area contributed by atoms with Crippen LogP contribution < -0.4 is 5.73 Å². The summed E-state index contributed by atoms with van der Waals surface area (Å²) in [5.41, 5.74) is 7.07. The molecule has 12 heavy (non-hydrogen) atoms. The van der Waals surface area contributed by atoms with Gasteiger partial charge in [0, 0.05) is 13.2 Å². The quantitative estimate of drug-likeness (QED) is 0.728. The second kappa shape index (κ2) is 3.27. The van der Waals surface area contributed by atoms with E-state index in [1.165, 1.54) is 5.56 Å². The Kier molecular flexibility index (Phi) is 2.52. The summed E-state index contributed by atoms with van der Waals surface area (Å²) in [5, 5.41) is 4.11. The number of rotatable bonds is 3. The average molecular weight is 167 g/mol. The minimum Gasteiger partial charge on any atom is -0.330 e. The van der Waals surface area contributed by atoms with Gasteiger partial charge in [0.2, 0.25) is 0 Å². The van der Waals surface area contributed by atoms with Crippen LogP contribution in [0.5, 0.6) is 0 Å². The number of nitrogens with zero attached hydrogens (tertiary/aromatic N) is 2. The van der Waals surface area contributed by atoms with Crippen LogP contribution in [-0.4, -0.2) is 16.3 Å². The van der Waals surface area contributed by atoms with Crippen molar-refractivity contribution in [2.24, 2.45) is 18.2 Å². The summed E-state index contributed by atoms with van der Waals surface area (Å²) in [7, 11) is 1.93. The van der Waals surface area contributed by atoms with Crippen LogP contribution in [0.3, 0.4) is 0 Å². The molecule has 0 aliphatic rings. The first-order valence-corrected chi connectivity index (χ1v) is 4.21. The Balaban J connectivity index is 2.63. The predicted molar refractivity (Wildman–Crippen MR) is 49.7 cm³/mol. The Morgan fingerprint density at radius 3 is 2.67 bits per heavy atom. The van der Waals surface area contributed by atoms with E-state index in [1.807, 2.05) is 24.1 Å². The molecule has 0 saturated carbocycles. The van der Waals surface area contributed by atoms with Crippen LogP contribution in [-0.2, 0) is 13.5 Å². The van der Waals surface area contributed by atoms with Gasteiger partial charge in [-0.05, 0) is 23.9 Å². The summed E-state index contributed by atoms with van der Waals surface area (Å²) in [4.78, 5) is 0. The second-order valence-electron chi connectivity index (χ2n) is 4.07. The maximum absolute atomic E-state index is 5.63. The lowest BCUT2D eigenvalue weighted by Gasteiger charge is -2.20. The van der Waals surface area contributed by atoms with Gasteiger partial charge >= 0.3 is 0 Å². The normalized spacial score (nSPS) is 12.0. The summed E-state index contributed by atoms with van der Waals surface area (Å²) >= 11 is 0. The number of nitrogens with two attached hydrogens (primary N) is 1. The van der Waals surface area contributed by atoms with Gasteiger partial charge in [-0.2, -0.15) is 5.10 Å². The summed E-state index contributed by atoms with van der Waals surface area (Å²) < 4.78 is 1.82. The van der Waals surface area contributed by atoms with Gasteiger partial charge in [0.1, 0.15) is 0 Å². The lowest BCUT2D eigenvalue weighted by atomic mass is 9.87. The van der Waals surface area contributed by atoms with Crippen LogP contribution in [0, 0.1) is 5.41 Å². The van der Waals surface area contributed by atoms with Crippen molar-refractivity contribution in [2.75, 3.05) is 6.54 Å². The topological polar surface area (TPSA) is 43.8 Å². The van der Waals surface area contributed by atoms with Crippen LogP contribution in [0.1, 0.15) is 19.4 Å². The van der Waals surface area contributed by atoms with E-state index in [4.69, 9.17) is 5.73 Å². The van der Waals surface area contributed by atoms with E-state index in [-0.39, 0.29) is 5.41 Å². The fourth-order valence-electron chi connectivity index (χ4n) is 1.19. The van der Waals surface area contributed by atoms with E-state index in [2.05, 4.69) is 18.9 Å². The molecule has 0 bridgehead atoms. The maximum Gasteiger partial charge on any atom is 0.0521 e. The van der Waals surface area contributed by atoms with E-state index in [0.717, 1.165) is 6.42 Å². The first kappa shape index (κ1) is 9.26. The van der Waals surface area contributed by atoms with E-state index < -0.39 is 0 Å². The molecule has 0 fully saturated rings. The smallest absolute Gasteiger partial charge is 0.0521 e. The molecule has 1 rings (SSSR count). The molecule has 0 aliphatic heterocycles. The predicted octanol–water partition coefficient (Wildman–Crippen LogP) is 0.947. The highest BCUT2D eigenvalue weighted by Gasteiger charge is 2.16. The van der Waals surface area contributed by atoms with E-state index in [0.29, 0.717) is 6.54 Å². The van der Waals surface area contributed by atoms with E-state index >= 15 is 0 Å². The SMILES string of the molecule is Cn1cc(CC(C)(C)CN)cn1. The van der Waals surface area contributed by atoms with Gasteiger partial charge in [-0.25, -0.2) is 0 Å². The van der Waals surface area contributed by atoms with E-state index in [9.17, 15) is 0 Å². The fraction of sp³-hybridized carbons (Fsp3) is 0.667. The minimum atomic E-state index is 0.184. The Morgan fingerprint density at radius 1 is 1.58 bits per heavy atom. The molecule has 0 spiro atoms. The van der Waals surface area contributed by atoms with Crippen molar-refractivity contribution in [3.8, 4) is 0 Å². The summed E-state index contributed by atoms with van der Waals surface area (Å²) in [6.45, 7) is 5.04. The molecule has 2 N–H and O–H groups in total. The molecule has 1 aromatic rings. The maximum atomic E-state index is 5.63. The molecule has 68 valence electrons. The van der Waals surface area contributed by atoms with Crippen molar-refractivity contribution in [1.82, 2.24) is 9.78 Å². The van der Waals surface area contributed by atoms with Gasteiger partial charge in [0.25, 0.3) is 0 Å². The third kappa shape index (κ3) is 2.34. The first-order valence-electron chi connectivity index (χ1n) is 4.21. The Bertz CT molecular complexity index is 250. The fourth-order valence-corrected chi connectivity index (χ4v) is 1.19. The largest absolute Gasteiger partial charge is 0.330 e. The third-order valence-electron chi connectivity index (χ3n) is 1.99. The van der Waals surface area contributed by atoms with Crippen LogP contribution in [0.2, 0.25) is 0 Å². The van der Waals surface area contributed by atoms with Crippen molar-refractivity contribution in [2.45, 2.75) is 20.3 Å². The lowest BCUT2D eigenvalue weighted by molar-refractivity contribution is 0.376. The van der Waals surface area contributed by atoms with E-state index in [1.54, 1.807) is 0 Å². The standard InChI is InChI=1S/C9H17N3/c1-9(2,7-10)4-8-5-11-12(3)6-8/h5-6H,4,7,10H2,1-3H3. The Labute approximate surface area is 73.6 Å². The van der Waals surface area contributed by atoms with Gasteiger partial charge in [-0.3, -0.25) is 4.68 Å². The highest BCUT2D eigenvalue weighted by molar-refractivity contribution is 5.06. The van der Waals surface area contributed by atoms with Crippen molar-refractivity contribution < 1.29 is 0 Å². The highest BCUT2D eigenvalue weighted by atomic mass is 15.2. The number of aromatic nitrogens is 2. The Morgan fingerprint density at radius 2 is 2.25 bits per heavy atom. The number of hydrogen-bond donors (Lipinski definition) is 1. The van der Waals surface area contributed by atoms with Crippen molar-refractivity contribution >= 4 is 0 Å². The van der Waals surface area contributed by atoms with Gasteiger partial charge in [-0.15, -0.1) is 0 Å². The van der Waals surface area contributed by atoms with Crippen molar-refractivity contribution in [3.05, 3.63) is 18.0 Å². The molecule has 1 heterocycles. The molecular formula is C9H17N3. The number of aryl methyl sites for hydroxylation is 1. The molecule has 3 heteroatoms. The molecule has 0 aliphatic carbocycles. The van der Waals surface area contributed by atoms with Crippen LogP contribution in [0.15, 0.2) is 12.4 Å². The third-order valence-corrected chi connectivity index (χ3v) is 1.99. The molecule has 0 unspecified atom stereocenters. The molecule has 0 atom stereocenters. The Hall–Kier alpha value is -0.830. The zero-order valence-electron chi connectivity index (χ0n) is 8.04. The molecule has 0 radical (unpaired) electrons. The summed E-state index contributed by atoms with van der Waals surface area (Å²) in [5.74, 6) is 0. The van der Waals surface area contributed by atoms with Crippen LogP contribution in [0.25, 0.3) is 0 Å². The minimum absolute atomic E-state index is 0.184. The summed E-state index contributed by atoms with van der Waals surface area (Å²) in [6.07, 6.45) is 4.94. The molecule has 0 aromatic carbocycles. The average Bonchev–Trinajstić information content (AvgIpc) is 2.35. The second-order valence-corrected chi connectivity index (χ2v) is 4.07. The van der Waals surface area contributed by atoms with Crippen LogP contribution in [0.4, 0.5) is 0 Å². The molecule has 1 aromatic heterocycles. The monoisotopic (exact) mass is 167 g/mol. The molecule has 3 nitrogen and oxygen atoms in total. The van der Waals surface area contributed by atoms with Gasteiger partial charge in [0.05, 0.1) is 6.20 Å². The van der Waals surface area contributed by atoms with Crippen molar-refractivity contribution in [1.29, 1.82) is 0 Å². The van der Waals surface area contributed by atoms with Gasteiger partial charge in [0.15, 0.2) is 0 Å². The highest BCUT2D eigenvalue weighted by Crippen LogP contribution is 2.19. The summed E-state index contributed by atoms with van der Waals surface area (Å²) in [6, 6.07) is 0. The molecular weight excluding hydrogens is 150 g/mol.